The molecule has 2 aromatic rings. The van der Waals surface area contributed by atoms with Gasteiger partial charge in [-0.15, -0.1) is 0 Å². The van der Waals surface area contributed by atoms with Crippen LogP contribution in [0.2, 0.25) is 0 Å². The lowest BCUT2D eigenvalue weighted by Crippen LogP contribution is -2.44. The van der Waals surface area contributed by atoms with Crippen molar-refractivity contribution >= 4 is 17.0 Å². The number of imidazole rings is 1. The van der Waals surface area contributed by atoms with Crippen LogP contribution in [0.3, 0.4) is 0 Å². The molecule has 102 valence electrons. The Balaban J connectivity index is 2.03. The summed E-state index contributed by atoms with van der Waals surface area (Å²) >= 11 is 0. The first kappa shape index (κ1) is 12.1. The van der Waals surface area contributed by atoms with Crippen LogP contribution in [0, 0.1) is 5.92 Å². The van der Waals surface area contributed by atoms with Gasteiger partial charge in [0, 0.05) is 19.1 Å². The standard InChI is InChI=1S/C11H16N6O2/c12-10-9-11(14-5-13-10)17(6-15-9)16-2-1-7(3-18)8(16)4-19/h5-8,18-19H,1-4H2,(H2,12,13,14)/t7-,8-/m1/s1. The van der Waals surface area contributed by atoms with Gasteiger partial charge in [-0.1, -0.05) is 0 Å². The summed E-state index contributed by atoms with van der Waals surface area (Å²) in [5.41, 5.74) is 6.92. The maximum atomic E-state index is 9.52. The number of aliphatic hydroxyl groups excluding tert-OH is 2. The molecule has 1 aliphatic rings. The molecule has 3 heterocycles. The van der Waals surface area contributed by atoms with Gasteiger partial charge in [-0.3, -0.25) is 0 Å². The molecule has 0 aromatic carbocycles. The van der Waals surface area contributed by atoms with Crippen LogP contribution in [0.15, 0.2) is 12.7 Å². The second kappa shape index (κ2) is 4.63. The largest absolute Gasteiger partial charge is 0.396 e. The quantitative estimate of drug-likeness (QED) is 0.632. The highest BCUT2D eigenvalue weighted by Gasteiger charge is 2.34. The minimum atomic E-state index is -0.140. The van der Waals surface area contributed by atoms with Gasteiger partial charge in [0.15, 0.2) is 17.0 Å². The minimum absolute atomic E-state index is 0.0224. The van der Waals surface area contributed by atoms with Crippen LogP contribution >= 0.6 is 0 Å². The maximum Gasteiger partial charge on any atom is 0.184 e. The predicted molar refractivity (Wildman–Crippen MR) is 68.9 cm³/mol. The number of nitrogens with zero attached hydrogens (tertiary/aromatic N) is 5. The lowest BCUT2D eigenvalue weighted by atomic mass is 10.0. The molecule has 0 amide bonds. The number of aromatic nitrogens is 4. The predicted octanol–water partition coefficient (Wildman–Crippen LogP) is -1.28. The van der Waals surface area contributed by atoms with E-state index in [9.17, 15) is 10.2 Å². The number of anilines is 1. The molecule has 4 N–H and O–H groups in total. The molecule has 2 aromatic heterocycles. The molecule has 1 saturated heterocycles. The molecule has 0 bridgehead atoms. The third-order valence-corrected chi connectivity index (χ3v) is 3.70. The number of nitrogens with two attached hydrogens (primary N) is 1. The van der Waals surface area contributed by atoms with E-state index in [2.05, 4.69) is 15.0 Å². The van der Waals surface area contributed by atoms with Crippen molar-refractivity contribution in [3.63, 3.8) is 0 Å². The smallest absolute Gasteiger partial charge is 0.184 e. The van der Waals surface area contributed by atoms with Crippen molar-refractivity contribution in [3.8, 4) is 0 Å². The van der Waals surface area contributed by atoms with Crippen molar-refractivity contribution in [2.24, 2.45) is 5.92 Å². The molecule has 8 heteroatoms. The second-order valence-corrected chi connectivity index (χ2v) is 4.66. The van der Waals surface area contributed by atoms with Gasteiger partial charge in [0.2, 0.25) is 0 Å². The lowest BCUT2D eigenvalue weighted by Gasteiger charge is -2.28. The molecule has 8 nitrogen and oxygen atoms in total. The first-order chi connectivity index (χ1) is 9.26. The van der Waals surface area contributed by atoms with Gasteiger partial charge in [0.1, 0.15) is 12.7 Å². The fourth-order valence-electron chi connectivity index (χ4n) is 2.65. The van der Waals surface area contributed by atoms with Crippen molar-refractivity contribution in [1.82, 2.24) is 19.6 Å². The Labute approximate surface area is 109 Å². The summed E-state index contributed by atoms with van der Waals surface area (Å²) in [5, 5.41) is 20.8. The van der Waals surface area contributed by atoms with Gasteiger partial charge in [-0.25, -0.2) is 19.6 Å². The number of fused-ring (bicyclic) bond motifs is 1. The zero-order valence-corrected chi connectivity index (χ0v) is 10.3. The van der Waals surface area contributed by atoms with Crippen molar-refractivity contribution in [3.05, 3.63) is 12.7 Å². The summed E-state index contributed by atoms with van der Waals surface area (Å²) in [6, 6.07) is -0.140. The fraction of sp³-hybridized carbons (Fsp3) is 0.545. The highest BCUT2D eigenvalue weighted by Crippen LogP contribution is 2.25. The van der Waals surface area contributed by atoms with Crippen molar-refractivity contribution in [2.45, 2.75) is 12.5 Å². The molecular formula is C11H16N6O2. The topological polar surface area (TPSA) is 113 Å². The lowest BCUT2D eigenvalue weighted by molar-refractivity contribution is 0.170. The van der Waals surface area contributed by atoms with Gasteiger partial charge >= 0.3 is 0 Å². The summed E-state index contributed by atoms with van der Waals surface area (Å²) in [6.45, 7) is 0.767. The van der Waals surface area contributed by atoms with Crippen LogP contribution in [0.5, 0.6) is 0 Å². The Bertz CT molecular complexity index is 586. The molecule has 1 fully saturated rings. The molecule has 0 saturated carbocycles. The van der Waals surface area contributed by atoms with E-state index < -0.39 is 0 Å². The number of hydrogen-bond donors (Lipinski definition) is 3. The Morgan fingerprint density at radius 2 is 2.11 bits per heavy atom. The molecule has 0 unspecified atom stereocenters. The average Bonchev–Trinajstić information content (AvgIpc) is 3.01. The SMILES string of the molecule is Nc1ncnc2c1ncn2N1CC[C@H](CO)[C@H]1CO. The van der Waals surface area contributed by atoms with Crippen LogP contribution in [0.25, 0.3) is 11.2 Å². The number of hydrogen-bond acceptors (Lipinski definition) is 7. The number of rotatable bonds is 3. The molecule has 0 spiro atoms. The third kappa shape index (κ3) is 1.80. The monoisotopic (exact) mass is 264 g/mol. The van der Waals surface area contributed by atoms with Gasteiger partial charge in [-0.05, 0) is 6.42 Å². The second-order valence-electron chi connectivity index (χ2n) is 4.66. The Morgan fingerprint density at radius 1 is 1.26 bits per heavy atom. The van der Waals surface area contributed by atoms with Crippen molar-refractivity contribution in [2.75, 3.05) is 30.5 Å². The molecule has 1 aliphatic heterocycles. The molecule has 0 aliphatic carbocycles. The van der Waals surface area contributed by atoms with Crippen LogP contribution in [0.4, 0.5) is 5.82 Å². The normalized spacial score (nSPS) is 23.4. The fourth-order valence-corrected chi connectivity index (χ4v) is 2.65. The van der Waals surface area contributed by atoms with E-state index in [1.54, 1.807) is 11.0 Å². The summed E-state index contributed by atoms with van der Waals surface area (Å²) in [4.78, 5) is 12.3. The number of nitrogen functional groups attached to an aromatic ring is 1. The zero-order valence-electron chi connectivity index (χ0n) is 10.3. The van der Waals surface area contributed by atoms with Gasteiger partial charge < -0.3 is 21.0 Å². The van der Waals surface area contributed by atoms with E-state index in [0.717, 1.165) is 13.0 Å². The van der Waals surface area contributed by atoms with Crippen molar-refractivity contribution in [1.29, 1.82) is 0 Å². The van der Waals surface area contributed by atoms with E-state index in [1.165, 1.54) is 6.33 Å². The number of aliphatic hydroxyl groups is 2. The highest BCUT2D eigenvalue weighted by atomic mass is 16.3. The van der Waals surface area contributed by atoms with E-state index in [0.29, 0.717) is 17.0 Å². The van der Waals surface area contributed by atoms with Crippen LogP contribution in [-0.2, 0) is 0 Å². The van der Waals surface area contributed by atoms with E-state index in [4.69, 9.17) is 5.73 Å². The molecule has 19 heavy (non-hydrogen) atoms. The summed E-state index contributed by atoms with van der Waals surface area (Å²) in [5.74, 6) is 0.392. The van der Waals surface area contributed by atoms with Gasteiger partial charge in [0.25, 0.3) is 0 Å². The van der Waals surface area contributed by atoms with Gasteiger partial charge in [0.05, 0.1) is 12.6 Å². The molecule has 3 rings (SSSR count). The molecule has 2 atom stereocenters. The summed E-state index contributed by atoms with van der Waals surface area (Å²) in [7, 11) is 0. The molecular weight excluding hydrogens is 248 g/mol. The van der Waals surface area contributed by atoms with E-state index in [1.807, 2.05) is 5.01 Å². The first-order valence-corrected chi connectivity index (χ1v) is 6.18. The maximum absolute atomic E-state index is 9.52. The first-order valence-electron chi connectivity index (χ1n) is 6.18. The third-order valence-electron chi connectivity index (χ3n) is 3.70. The molecule has 0 radical (unpaired) electrons. The summed E-state index contributed by atoms with van der Waals surface area (Å²) < 4.78 is 1.78. The van der Waals surface area contributed by atoms with Crippen LogP contribution in [-0.4, -0.2) is 55.6 Å². The van der Waals surface area contributed by atoms with Crippen LogP contribution in [0.1, 0.15) is 6.42 Å². The highest BCUT2D eigenvalue weighted by molar-refractivity contribution is 5.81. The summed E-state index contributed by atoms with van der Waals surface area (Å²) in [6.07, 6.45) is 3.84. The van der Waals surface area contributed by atoms with Crippen molar-refractivity contribution < 1.29 is 10.2 Å². The zero-order chi connectivity index (χ0) is 13.4. The Kier molecular flexibility index (Phi) is 2.96. The Morgan fingerprint density at radius 3 is 2.84 bits per heavy atom. The van der Waals surface area contributed by atoms with E-state index >= 15 is 0 Å². The van der Waals surface area contributed by atoms with Crippen LogP contribution < -0.4 is 10.7 Å². The average molecular weight is 264 g/mol. The Hall–Kier alpha value is -1.93. The van der Waals surface area contributed by atoms with E-state index in [-0.39, 0.29) is 25.2 Å². The minimum Gasteiger partial charge on any atom is -0.396 e. The van der Waals surface area contributed by atoms with Gasteiger partial charge in [-0.2, -0.15) is 0 Å².